The van der Waals surface area contributed by atoms with Crippen molar-refractivity contribution in [2.75, 3.05) is 19.8 Å². The van der Waals surface area contributed by atoms with Gasteiger partial charge in [0, 0.05) is 19.3 Å². The van der Waals surface area contributed by atoms with E-state index in [2.05, 4.69) is 5.32 Å². The third-order valence-electron chi connectivity index (χ3n) is 3.65. The standard InChI is InChI=1S/C13H23NO4/c1-13(12(15)16,14-10-4-5-10)6-8-17-9-11-3-2-7-18-11/h10-11,14H,2-9H2,1H3,(H,15,16). The number of ether oxygens (including phenoxy) is 2. The first-order valence-corrected chi connectivity index (χ1v) is 6.80. The lowest BCUT2D eigenvalue weighted by molar-refractivity contribution is -0.145. The number of hydrogen-bond donors (Lipinski definition) is 2. The maximum atomic E-state index is 11.3. The third kappa shape index (κ3) is 3.93. The Morgan fingerprint density at radius 3 is 2.83 bits per heavy atom. The van der Waals surface area contributed by atoms with Gasteiger partial charge in [-0.25, -0.2) is 0 Å². The van der Waals surface area contributed by atoms with E-state index in [4.69, 9.17) is 9.47 Å². The SMILES string of the molecule is CC(CCOCC1CCCO1)(NC1CC1)C(=O)O. The Kier molecular flexibility index (Phi) is 4.59. The van der Waals surface area contributed by atoms with E-state index in [0.29, 0.717) is 25.7 Å². The lowest BCUT2D eigenvalue weighted by Gasteiger charge is -2.26. The minimum Gasteiger partial charge on any atom is -0.480 e. The van der Waals surface area contributed by atoms with Crippen LogP contribution in [0.25, 0.3) is 0 Å². The van der Waals surface area contributed by atoms with Crippen molar-refractivity contribution in [1.29, 1.82) is 0 Å². The normalized spacial score (nSPS) is 27.1. The number of carboxylic acid groups (broad SMARTS) is 1. The van der Waals surface area contributed by atoms with E-state index in [1.165, 1.54) is 0 Å². The van der Waals surface area contributed by atoms with Gasteiger partial charge in [0.25, 0.3) is 0 Å². The van der Waals surface area contributed by atoms with Gasteiger partial charge in [0.1, 0.15) is 5.54 Å². The molecule has 5 heteroatoms. The molecule has 2 N–H and O–H groups in total. The minimum absolute atomic E-state index is 0.206. The minimum atomic E-state index is -0.863. The van der Waals surface area contributed by atoms with Crippen LogP contribution in [-0.4, -0.2) is 48.6 Å². The summed E-state index contributed by atoms with van der Waals surface area (Å²) in [5, 5.41) is 12.5. The zero-order valence-corrected chi connectivity index (χ0v) is 11.0. The van der Waals surface area contributed by atoms with Crippen molar-refractivity contribution in [2.45, 2.75) is 56.7 Å². The number of carboxylic acids is 1. The Morgan fingerprint density at radius 1 is 1.50 bits per heavy atom. The average Bonchev–Trinajstić information content (AvgIpc) is 2.97. The monoisotopic (exact) mass is 257 g/mol. The highest BCUT2D eigenvalue weighted by molar-refractivity contribution is 5.78. The summed E-state index contributed by atoms with van der Waals surface area (Å²) in [6, 6.07) is 0.379. The Hall–Kier alpha value is -0.650. The van der Waals surface area contributed by atoms with Crippen LogP contribution in [0.4, 0.5) is 0 Å². The first kappa shape index (κ1) is 13.8. The van der Waals surface area contributed by atoms with Crippen LogP contribution in [0.5, 0.6) is 0 Å². The third-order valence-corrected chi connectivity index (χ3v) is 3.65. The first-order chi connectivity index (χ1) is 8.60. The molecule has 1 aliphatic carbocycles. The lowest BCUT2D eigenvalue weighted by Crippen LogP contribution is -2.51. The molecule has 104 valence electrons. The Morgan fingerprint density at radius 2 is 2.28 bits per heavy atom. The van der Waals surface area contributed by atoms with Crippen molar-refractivity contribution in [3.05, 3.63) is 0 Å². The summed E-state index contributed by atoms with van der Waals surface area (Å²) in [5.41, 5.74) is -0.863. The van der Waals surface area contributed by atoms with Crippen molar-refractivity contribution >= 4 is 5.97 Å². The van der Waals surface area contributed by atoms with Crippen LogP contribution in [0.2, 0.25) is 0 Å². The molecule has 0 amide bonds. The van der Waals surface area contributed by atoms with Crippen LogP contribution in [0.3, 0.4) is 0 Å². The van der Waals surface area contributed by atoms with Crippen LogP contribution in [0, 0.1) is 0 Å². The summed E-state index contributed by atoms with van der Waals surface area (Å²) in [6.07, 6.45) is 5.02. The van der Waals surface area contributed by atoms with E-state index in [-0.39, 0.29) is 6.10 Å². The average molecular weight is 257 g/mol. The molecule has 0 aromatic rings. The molecule has 2 rings (SSSR count). The molecular weight excluding hydrogens is 234 g/mol. The van der Waals surface area contributed by atoms with Crippen molar-refractivity contribution in [2.24, 2.45) is 0 Å². The second-order valence-corrected chi connectivity index (χ2v) is 5.52. The van der Waals surface area contributed by atoms with E-state index in [1.807, 2.05) is 0 Å². The van der Waals surface area contributed by atoms with Gasteiger partial charge in [-0.05, 0) is 39.0 Å². The number of aliphatic carboxylic acids is 1. The largest absolute Gasteiger partial charge is 0.480 e. The summed E-state index contributed by atoms with van der Waals surface area (Å²) >= 11 is 0. The molecule has 0 aromatic carbocycles. The van der Waals surface area contributed by atoms with Gasteiger partial charge in [-0.15, -0.1) is 0 Å². The van der Waals surface area contributed by atoms with Crippen molar-refractivity contribution < 1.29 is 19.4 Å². The summed E-state index contributed by atoms with van der Waals surface area (Å²) in [5.74, 6) is -0.796. The van der Waals surface area contributed by atoms with Crippen LogP contribution in [0.15, 0.2) is 0 Å². The predicted molar refractivity (Wildman–Crippen MR) is 66.6 cm³/mol. The molecule has 1 heterocycles. The maximum absolute atomic E-state index is 11.3. The van der Waals surface area contributed by atoms with Crippen LogP contribution in [-0.2, 0) is 14.3 Å². The summed E-state index contributed by atoms with van der Waals surface area (Å²) < 4.78 is 11.0. The lowest BCUT2D eigenvalue weighted by atomic mass is 9.98. The predicted octanol–water partition coefficient (Wildman–Crippen LogP) is 1.17. The summed E-state index contributed by atoms with van der Waals surface area (Å²) in [6.45, 7) is 3.61. The molecule has 1 saturated carbocycles. The number of carbonyl (C=O) groups is 1. The van der Waals surface area contributed by atoms with E-state index in [0.717, 1.165) is 32.3 Å². The van der Waals surface area contributed by atoms with Crippen molar-refractivity contribution in [1.82, 2.24) is 5.32 Å². The van der Waals surface area contributed by atoms with E-state index < -0.39 is 11.5 Å². The highest BCUT2D eigenvalue weighted by Gasteiger charge is 2.38. The van der Waals surface area contributed by atoms with Gasteiger partial charge in [-0.3, -0.25) is 10.1 Å². The molecule has 2 aliphatic rings. The highest BCUT2D eigenvalue weighted by Crippen LogP contribution is 2.24. The number of nitrogens with one attached hydrogen (secondary N) is 1. The molecule has 0 spiro atoms. The smallest absolute Gasteiger partial charge is 0.323 e. The fourth-order valence-electron chi connectivity index (χ4n) is 2.19. The van der Waals surface area contributed by atoms with Crippen LogP contribution < -0.4 is 5.32 Å². The number of rotatable bonds is 8. The summed E-state index contributed by atoms with van der Waals surface area (Å²) in [4.78, 5) is 11.3. The molecule has 0 aromatic heterocycles. The molecule has 0 bridgehead atoms. The second kappa shape index (κ2) is 5.99. The molecular formula is C13H23NO4. The maximum Gasteiger partial charge on any atom is 0.323 e. The summed E-state index contributed by atoms with van der Waals surface area (Å²) in [7, 11) is 0. The van der Waals surface area contributed by atoms with Gasteiger partial charge in [0.15, 0.2) is 0 Å². The zero-order valence-electron chi connectivity index (χ0n) is 11.0. The molecule has 1 aliphatic heterocycles. The fraction of sp³-hybridized carbons (Fsp3) is 0.923. The topological polar surface area (TPSA) is 67.8 Å². The number of hydrogen-bond acceptors (Lipinski definition) is 4. The van der Waals surface area contributed by atoms with Gasteiger partial charge in [0.2, 0.25) is 0 Å². The van der Waals surface area contributed by atoms with Gasteiger partial charge in [-0.1, -0.05) is 0 Å². The first-order valence-electron chi connectivity index (χ1n) is 6.80. The molecule has 18 heavy (non-hydrogen) atoms. The molecule has 5 nitrogen and oxygen atoms in total. The highest BCUT2D eigenvalue weighted by atomic mass is 16.5. The second-order valence-electron chi connectivity index (χ2n) is 5.52. The quantitative estimate of drug-likeness (QED) is 0.639. The van der Waals surface area contributed by atoms with E-state index >= 15 is 0 Å². The van der Waals surface area contributed by atoms with Gasteiger partial charge >= 0.3 is 5.97 Å². The Bertz CT molecular complexity index is 287. The Labute approximate surface area is 108 Å². The van der Waals surface area contributed by atoms with Crippen LogP contribution in [0.1, 0.15) is 39.0 Å². The van der Waals surface area contributed by atoms with E-state index in [9.17, 15) is 9.90 Å². The molecule has 0 radical (unpaired) electrons. The Balaban J connectivity index is 1.66. The van der Waals surface area contributed by atoms with Crippen molar-refractivity contribution in [3.63, 3.8) is 0 Å². The van der Waals surface area contributed by atoms with Gasteiger partial charge < -0.3 is 14.6 Å². The zero-order chi connectivity index (χ0) is 13.0. The van der Waals surface area contributed by atoms with Gasteiger partial charge in [0.05, 0.1) is 12.7 Å². The fourth-order valence-corrected chi connectivity index (χ4v) is 2.19. The van der Waals surface area contributed by atoms with E-state index in [1.54, 1.807) is 6.92 Å². The molecule has 1 saturated heterocycles. The molecule has 2 fully saturated rings. The molecule has 2 unspecified atom stereocenters. The van der Waals surface area contributed by atoms with Crippen LogP contribution >= 0.6 is 0 Å². The van der Waals surface area contributed by atoms with Gasteiger partial charge in [-0.2, -0.15) is 0 Å². The van der Waals surface area contributed by atoms with Crippen molar-refractivity contribution in [3.8, 4) is 0 Å². The molecule has 2 atom stereocenters.